The zero-order valence-electron chi connectivity index (χ0n) is 14.9. The Morgan fingerprint density at radius 3 is 2.46 bits per heavy atom. The van der Waals surface area contributed by atoms with E-state index in [1.807, 2.05) is 47.8 Å². The van der Waals surface area contributed by atoms with E-state index in [1.165, 1.54) is 0 Å². The second kappa shape index (κ2) is 6.63. The third-order valence-electron chi connectivity index (χ3n) is 4.43. The predicted molar refractivity (Wildman–Crippen MR) is 94.4 cm³/mol. The first-order chi connectivity index (χ1) is 11.5. The van der Waals surface area contributed by atoms with E-state index in [0.29, 0.717) is 19.0 Å². The van der Waals surface area contributed by atoms with E-state index in [1.54, 1.807) is 0 Å². The van der Waals surface area contributed by atoms with Crippen molar-refractivity contribution in [2.75, 3.05) is 31.1 Å². The summed E-state index contributed by atoms with van der Waals surface area (Å²) in [7, 11) is 1.90. The number of rotatable bonds is 3. The van der Waals surface area contributed by atoms with Gasteiger partial charge in [0.05, 0.1) is 0 Å². The van der Waals surface area contributed by atoms with Crippen LogP contribution in [-0.2, 0) is 7.05 Å². The van der Waals surface area contributed by atoms with Gasteiger partial charge < -0.3 is 14.4 Å². The number of hydrogen-bond acceptors (Lipinski definition) is 4. The molecule has 0 N–H and O–H groups in total. The van der Waals surface area contributed by atoms with Crippen molar-refractivity contribution in [2.45, 2.75) is 26.7 Å². The molecule has 0 bridgehead atoms. The SMILES string of the molecule is Cc1cc(N2CCN(C(=O)c3cccn3C)CC2)nc(C(C)C)n1. The van der Waals surface area contributed by atoms with Crippen molar-refractivity contribution in [2.24, 2.45) is 7.05 Å². The standard InChI is InChI=1S/C18H25N5O/c1-13(2)17-19-14(3)12-16(20-17)22-8-10-23(11-9-22)18(24)15-6-5-7-21(15)4/h5-7,12-13H,8-11H2,1-4H3. The molecule has 3 heterocycles. The summed E-state index contributed by atoms with van der Waals surface area (Å²) in [6.07, 6.45) is 1.90. The topological polar surface area (TPSA) is 54.3 Å². The highest BCUT2D eigenvalue weighted by molar-refractivity contribution is 5.92. The Morgan fingerprint density at radius 2 is 1.88 bits per heavy atom. The first kappa shape index (κ1) is 16.5. The maximum absolute atomic E-state index is 12.6. The molecule has 0 spiro atoms. The molecule has 6 nitrogen and oxygen atoms in total. The first-order valence-electron chi connectivity index (χ1n) is 8.47. The van der Waals surface area contributed by atoms with Crippen molar-refractivity contribution in [1.82, 2.24) is 19.4 Å². The predicted octanol–water partition coefficient (Wildman–Crippen LogP) is 2.21. The van der Waals surface area contributed by atoms with Gasteiger partial charge in [0.2, 0.25) is 0 Å². The van der Waals surface area contributed by atoms with E-state index < -0.39 is 0 Å². The molecule has 0 aromatic carbocycles. The quantitative estimate of drug-likeness (QED) is 0.867. The molecule has 6 heteroatoms. The maximum atomic E-state index is 12.6. The van der Waals surface area contributed by atoms with Crippen LogP contribution in [0, 0.1) is 6.92 Å². The van der Waals surface area contributed by atoms with Crippen LogP contribution in [0.2, 0.25) is 0 Å². The minimum atomic E-state index is 0.101. The van der Waals surface area contributed by atoms with Crippen LogP contribution < -0.4 is 4.90 Å². The Labute approximate surface area is 143 Å². The van der Waals surface area contributed by atoms with E-state index in [0.717, 1.165) is 36.1 Å². The van der Waals surface area contributed by atoms with Crippen LogP contribution in [0.25, 0.3) is 0 Å². The van der Waals surface area contributed by atoms with Gasteiger partial charge in [-0.25, -0.2) is 9.97 Å². The van der Waals surface area contributed by atoms with Crippen LogP contribution in [0.5, 0.6) is 0 Å². The van der Waals surface area contributed by atoms with E-state index in [9.17, 15) is 4.79 Å². The molecular formula is C18H25N5O. The van der Waals surface area contributed by atoms with Crippen LogP contribution in [0.15, 0.2) is 24.4 Å². The number of piperazine rings is 1. The van der Waals surface area contributed by atoms with Gasteiger partial charge in [0, 0.05) is 57.1 Å². The molecule has 0 saturated carbocycles. The Bertz CT molecular complexity index is 729. The lowest BCUT2D eigenvalue weighted by Gasteiger charge is -2.35. The largest absolute Gasteiger partial charge is 0.353 e. The van der Waals surface area contributed by atoms with Crippen LogP contribution in [0.1, 0.15) is 41.8 Å². The summed E-state index contributed by atoms with van der Waals surface area (Å²) < 4.78 is 1.87. The first-order valence-corrected chi connectivity index (χ1v) is 8.47. The smallest absolute Gasteiger partial charge is 0.270 e. The highest BCUT2D eigenvalue weighted by Gasteiger charge is 2.24. The lowest BCUT2D eigenvalue weighted by molar-refractivity contribution is 0.0737. The van der Waals surface area contributed by atoms with Crippen LogP contribution >= 0.6 is 0 Å². The molecule has 0 aliphatic carbocycles. The maximum Gasteiger partial charge on any atom is 0.270 e. The molecule has 128 valence electrons. The van der Waals surface area contributed by atoms with Gasteiger partial charge in [-0.15, -0.1) is 0 Å². The molecule has 1 fully saturated rings. The molecule has 0 radical (unpaired) electrons. The minimum Gasteiger partial charge on any atom is -0.353 e. The summed E-state index contributed by atoms with van der Waals surface area (Å²) in [5.41, 5.74) is 1.73. The van der Waals surface area contributed by atoms with Gasteiger partial charge >= 0.3 is 0 Å². The highest BCUT2D eigenvalue weighted by Crippen LogP contribution is 2.19. The van der Waals surface area contributed by atoms with Crippen molar-refractivity contribution in [3.8, 4) is 0 Å². The fourth-order valence-corrected chi connectivity index (χ4v) is 2.98. The molecule has 1 saturated heterocycles. The fourth-order valence-electron chi connectivity index (χ4n) is 2.98. The monoisotopic (exact) mass is 327 g/mol. The lowest BCUT2D eigenvalue weighted by atomic mass is 10.2. The summed E-state index contributed by atoms with van der Waals surface area (Å²) >= 11 is 0. The average molecular weight is 327 g/mol. The number of carbonyl (C=O) groups is 1. The van der Waals surface area contributed by atoms with Gasteiger partial charge in [0.15, 0.2) is 0 Å². The Hall–Kier alpha value is -2.37. The molecule has 1 aliphatic rings. The van der Waals surface area contributed by atoms with E-state index in [4.69, 9.17) is 4.98 Å². The van der Waals surface area contributed by atoms with Crippen molar-refractivity contribution < 1.29 is 4.79 Å². The number of carbonyl (C=O) groups excluding carboxylic acids is 1. The number of nitrogens with zero attached hydrogens (tertiary/aromatic N) is 5. The number of aromatic nitrogens is 3. The van der Waals surface area contributed by atoms with Crippen LogP contribution in [0.3, 0.4) is 0 Å². The van der Waals surface area contributed by atoms with Gasteiger partial charge in [-0.3, -0.25) is 4.79 Å². The number of amides is 1. The molecule has 1 amide bonds. The van der Waals surface area contributed by atoms with E-state index in [-0.39, 0.29) is 5.91 Å². The fraction of sp³-hybridized carbons (Fsp3) is 0.500. The normalized spacial score (nSPS) is 15.2. The Kier molecular flexibility index (Phi) is 4.55. The van der Waals surface area contributed by atoms with Crippen LogP contribution in [0.4, 0.5) is 5.82 Å². The number of anilines is 1. The van der Waals surface area contributed by atoms with Gasteiger partial charge in [0.25, 0.3) is 5.91 Å². The average Bonchev–Trinajstić information content (AvgIpc) is 2.99. The third-order valence-corrected chi connectivity index (χ3v) is 4.43. The molecule has 0 atom stereocenters. The summed E-state index contributed by atoms with van der Waals surface area (Å²) in [5.74, 6) is 2.26. The molecule has 2 aromatic rings. The third kappa shape index (κ3) is 3.27. The Balaban J connectivity index is 1.69. The van der Waals surface area contributed by atoms with Crippen LogP contribution in [-0.4, -0.2) is 51.5 Å². The zero-order valence-corrected chi connectivity index (χ0v) is 14.9. The molecule has 3 rings (SSSR count). The molecule has 2 aromatic heterocycles. The Morgan fingerprint density at radius 1 is 1.17 bits per heavy atom. The van der Waals surface area contributed by atoms with Gasteiger partial charge in [-0.1, -0.05) is 13.8 Å². The minimum absolute atomic E-state index is 0.101. The van der Waals surface area contributed by atoms with Gasteiger partial charge in [-0.2, -0.15) is 0 Å². The van der Waals surface area contributed by atoms with Gasteiger partial charge in [0.1, 0.15) is 17.3 Å². The zero-order chi connectivity index (χ0) is 17.3. The lowest BCUT2D eigenvalue weighted by Crippen LogP contribution is -2.49. The van der Waals surface area contributed by atoms with E-state index >= 15 is 0 Å². The van der Waals surface area contributed by atoms with Gasteiger partial charge in [-0.05, 0) is 19.1 Å². The van der Waals surface area contributed by atoms with Crippen molar-refractivity contribution in [3.05, 3.63) is 41.6 Å². The molecule has 24 heavy (non-hydrogen) atoms. The second-order valence-electron chi connectivity index (χ2n) is 6.66. The molecular weight excluding hydrogens is 302 g/mol. The second-order valence-corrected chi connectivity index (χ2v) is 6.66. The van der Waals surface area contributed by atoms with E-state index in [2.05, 4.69) is 23.7 Å². The summed E-state index contributed by atoms with van der Waals surface area (Å²) in [6.45, 7) is 9.23. The summed E-state index contributed by atoms with van der Waals surface area (Å²) in [5, 5.41) is 0. The summed E-state index contributed by atoms with van der Waals surface area (Å²) in [4.78, 5) is 26.0. The van der Waals surface area contributed by atoms with Crippen molar-refractivity contribution in [3.63, 3.8) is 0 Å². The van der Waals surface area contributed by atoms with Crippen molar-refractivity contribution >= 4 is 11.7 Å². The number of hydrogen-bond donors (Lipinski definition) is 0. The molecule has 1 aliphatic heterocycles. The molecule has 0 unspecified atom stereocenters. The highest BCUT2D eigenvalue weighted by atomic mass is 16.2. The summed E-state index contributed by atoms with van der Waals surface area (Å²) in [6, 6.07) is 5.80. The van der Waals surface area contributed by atoms with Crippen molar-refractivity contribution in [1.29, 1.82) is 0 Å². The number of aryl methyl sites for hydroxylation is 2.